The van der Waals surface area contributed by atoms with Crippen LogP contribution in [0.25, 0.3) is 0 Å². The molecule has 0 aliphatic heterocycles. The average molecular weight is 244 g/mol. The molecule has 1 unspecified atom stereocenters. The van der Waals surface area contributed by atoms with Gasteiger partial charge in [0.05, 0.1) is 6.42 Å². The van der Waals surface area contributed by atoms with Gasteiger partial charge >= 0.3 is 11.9 Å². The van der Waals surface area contributed by atoms with Gasteiger partial charge in [0.15, 0.2) is 0 Å². The van der Waals surface area contributed by atoms with E-state index < -0.39 is 29.9 Å². The Kier molecular flexibility index (Phi) is 6.77. The molecule has 0 saturated heterocycles. The summed E-state index contributed by atoms with van der Waals surface area (Å²) in [5.41, 5.74) is 0. The van der Waals surface area contributed by atoms with Crippen molar-refractivity contribution in [2.45, 2.75) is 45.6 Å². The second-order valence-electron chi connectivity index (χ2n) is 3.55. The molecular formula is C11H16O6. The van der Waals surface area contributed by atoms with Crippen molar-refractivity contribution in [3.63, 3.8) is 0 Å². The summed E-state index contributed by atoms with van der Waals surface area (Å²) in [4.78, 5) is 43.3. The minimum Gasteiger partial charge on any atom is -0.475 e. The maximum Gasteiger partial charge on any atom is 0.375 e. The Bertz CT molecular complexity index is 320. The van der Waals surface area contributed by atoms with E-state index in [0.717, 1.165) is 6.42 Å². The fourth-order valence-electron chi connectivity index (χ4n) is 1.18. The normalized spacial score (nSPS) is 11.6. The van der Waals surface area contributed by atoms with E-state index in [1.54, 1.807) is 6.92 Å². The number of carbonyl (C=O) groups excluding carboxylic acids is 3. The van der Waals surface area contributed by atoms with Crippen LogP contribution in [0.4, 0.5) is 0 Å². The van der Waals surface area contributed by atoms with Crippen LogP contribution in [-0.4, -0.2) is 34.7 Å². The molecule has 17 heavy (non-hydrogen) atoms. The van der Waals surface area contributed by atoms with Gasteiger partial charge in [0.25, 0.3) is 0 Å². The van der Waals surface area contributed by atoms with Crippen LogP contribution in [0.3, 0.4) is 0 Å². The zero-order valence-electron chi connectivity index (χ0n) is 9.89. The second kappa shape index (κ2) is 7.54. The average Bonchev–Trinajstić information content (AvgIpc) is 2.27. The minimum absolute atomic E-state index is 0.364. The molecule has 0 fully saturated rings. The highest BCUT2D eigenvalue weighted by atomic mass is 16.5. The van der Waals surface area contributed by atoms with Crippen molar-refractivity contribution >= 4 is 23.5 Å². The predicted molar refractivity (Wildman–Crippen MR) is 57.3 cm³/mol. The van der Waals surface area contributed by atoms with Crippen LogP contribution in [0.15, 0.2) is 0 Å². The smallest absolute Gasteiger partial charge is 0.375 e. The molecule has 0 aliphatic rings. The predicted octanol–water partition coefficient (Wildman–Crippen LogP) is 0.721. The SMILES string of the molecule is CCCC(CC)OC(=O)C(=O)CC(=O)C(=O)O. The first-order chi connectivity index (χ1) is 7.92. The van der Waals surface area contributed by atoms with Crippen LogP contribution in [0, 0.1) is 0 Å². The summed E-state index contributed by atoms with van der Waals surface area (Å²) in [5, 5.41) is 8.27. The lowest BCUT2D eigenvalue weighted by Gasteiger charge is -2.14. The Morgan fingerprint density at radius 2 is 1.71 bits per heavy atom. The first-order valence-electron chi connectivity index (χ1n) is 5.42. The zero-order valence-corrected chi connectivity index (χ0v) is 9.89. The Labute approximate surface area is 98.9 Å². The summed E-state index contributed by atoms with van der Waals surface area (Å²) in [6.45, 7) is 3.72. The molecule has 0 aromatic heterocycles. The van der Waals surface area contributed by atoms with Crippen molar-refractivity contribution in [1.29, 1.82) is 0 Å². The number of esters is 1. The Morgan fingerprint density at radius 1 is 1.12 bits per heavy atom. The van der Waals surface area contributed by atoms with Gasteiger partial charge in [-0.2, -0.15) is 0 Å². The molecule has 6 heteroatoms. The third kappa shape index (κ3) is 5.79. The van der Waals surface area contributed by atoms with E-state index in [-0.39, 0.29) is 6.10 Å². The Balaban J connectivity index is 4.26. The van der Waals surface area contributed by atoms with Crippen molar-refractivity contribution in [2.75, 3.05) is 0 Å². The van der Waals surface area contributed by atoms with Gasteiger partial charge in [-0.05, 0) is 12.8 Å². The number of rotatable bonds is 8. The van der Waals surface area contributed by atoms with Gasteiger partial charge < -0.3 is 9.84 Å². The monoisotopic (exact) mass is 244 g/mol. The molecule has 1 N–H and O–H groups in total. The number of ketones is 2. The van der Waals surface area contributed by atoms with Crippen LogP contribution >= 0.6 is 0 Å². The molecular weight excluding hydrogens is 228 g/mol. The molecule has 0 spiro atoms. The number of aliphatic carboxylic acids is 1. The first-order valence-corrected chi connectivity index (χ1v) is 5.42. The van der Waals surface area contributed by atoms with Crippen molar-refractivity contribution < 1.29 is 29.0 Å². The fourth-order valence-corrected chi connectivity index (χ4v) is 1.18. The molecule has 0 radical (unpaired) electrons. The number of carboxylic acid groups (broad SMARTS) is 1. The van der Waals surface area contributed by atoms with Gasteiger partial charge in [-0.15, -0.1) is 0 Å². The molecule has 96 valence electrons. The fraction of sp³-hybridized carbons (Fsp3) is 0.636. The molecule has 0 heterocycles. The number of ether oxygens (including phenoxy) is 1. The van der Waals surface area contributed by atoms with E-state index in [1.807, 2.05) is 6.92 Å². The van der Waals surface area contributed by atoms with Crippen LogP contribution in [-0.2, 0) is 23.9 Å². The summed E-state index contributed by atoms with van der Waals surface area (Å²) in [6.07, 6.45) is 0.684. The van der Waals surface area contributed by atoms with Crippen molar-refractivity contribution in [1.82, 2.24) is 0 Å². The van der Waals surface area contributed by atoms with E-state index in [1.165, 1.54) is 0 Å². The molecule has 0 saturated carbocycles. The minimum atomic E-state index is -1.73. The highest BCUT2D eigenvalue weighted by molar-refractivity contribution is 6.45. The first kappa shape index (κ1) is 15.3. The van der Waals surface area contributed by atoms with E-state index >= 15 is 0 Å². The third-order valence-corrected chi connectivity index (χ3v) is 2.13. The number of carboxylic acids is 1. The van der Waals surface area contributed by atoms with Gasteiger partial charge in [0, 0.05) is 0 Å². The second-order valence-corrected chi connectivity index (χ2v) is 3.55. The largest absolute Gasteiger partial charge is 0.475 e. The number of hydrogen-bond donors (Lipinski definition) is 1. The van der Waals surface area contributed by atoms with Crippen LogP contribution in [0.2, 0.25) is 0 Å². The van der Waals surface area contributed by atoms with Crippen molar-refractivity contribution in [2.24, 2.45) is 0 Å². The summed E-state index contributed by atoms with van der Waals surface area (Å²) >= 11 is 0. The topological polar surface area (TPSA) is 97.7 Å². The van der Waals surface area contributed by atoms with Gasteiger partial charge in [-0.25, -0.2) is 9.59 Å². The molecule has 0 aliphatic carbocycles. The van der Waals surface area contributed by atoms with E-state index in [2.05, 4.69) is 0 Å². The molecule has 1 atom stereocenters. The molecule has 0 rings (SSSR count). The molecule has 0 amide bonds. The quantitative estimate of drug-likeness (QED) is 0.384. The summed E-state index contributed by atoms with van der Waals surface area (Å²) in [7, 11) is 0. The highest BCUT2D eigenvalue weighted by Gasteiger charge is 2.25. The van der Waals surface area contributed by atoms with E-state index in [9.17, 15) is 19.2 Å². The van der Waals surface area contributed by atoms with Crippen molar-refractivity contribution in [3.05, 3.63) is 0 Å². The standard InChI is InChI=1S/C11H16O6/c1-3-5-7(4-2)17-11(16)9(13)6-8(12)10(14)15/h7H,3-6H2,1-2H3,(H,14,15). The summed E-state index contributed by atoms with van der Waals surface area (Å²) in [5.74, 6) is -5.30. The zero-order chi connectivity index (χ0) is 13.4. The van der Waals surface area contributed by atoms with Gasteiger partial charge in [-0.3, -0.25) is 9.59 Å². The van der Waals surface area contributed by atoms with Gasteiger partial charge in [0.1, 0.15) is 6.10 Å². The lowest BCUT2D eigenvalue weighted by Crippen LogP contribution is -2.27. The van der Waals surface area contributed by atoms with Crippen LogP contribution in [0.1, 0.15) is 39.5 Å². The van der Waals surface area contributed by atoms with E-state index in [4.69, 9.17) is 9.84 Å². The maximum atomic E-state index is 11.2. The van der Waals surface area contributed by atoms with Gasteiger partial charge in [0.2, 0.25) is 11.6 Å². The summed E-state index contributed by atoms with van der Waals surface area (Å²) in [6, 6.07) is 0. The van der Waals surface area contributed by atoms with Crippen LogP contribution < -0.4 is 0 Å². The Morgan fingerprint density at radius 3 is 2.12 bits per heavy atom. The third-order valence-electron chi connectivity index (χ3n) is 2.13. The van der Waals surface area contributed by atoms with Crippen LogP contribution in [0.5, 0.6) is 0 Å². The number of Topliss-reactive ketones (excluding diaryl/α,β-unsaturated/α-hetero) is 2. The molecule has 0 aromatic rings. The molecule has 6 nitrogen and oxygen atoms in total. The lowest BCUT2D eigenvalue weighted by atomic mass is 10.1. The highest BCUT2D eigenvalue weighted by Crippen LogP contribution is 2.07. The number of hydrogen-bond acceptors (Lipinski definition) is 5. The molecule has 0 aromatic carbocycles. The summed E-state index contributed by atoms with van der Waals surface area (Å²) < 4.78 is 4.85. The number of carbonyl (C=O) groups is 4. The maximum absolute atomic E-state index is 11.2. The van der Waals surface area contributed by atoms with E-state index in [0.29, 0.717) is 12.8 Å². The lowest BCUT2D eigenvalue weighted by molar-refractivity contribution is -0.160. The van der Waals surface area contributed by atoms with Crippen molar-refractivity contribution in [3.8, 4) is 0 Å². The Hall–Kier alpha value is -1.72. The molecule has 0 bridgehead atoms. The van der Waals surface area contributed by atoms with Gasteiger partial charge in [-0.1, -0.05) is 20.3 Å².